The summed E-state index contributed by atoms with van der Waals surface area (Å²) in [4.78, 5) is 40.1. The third-order valence-corrected chi connectivity index (χ3v) is 5.65. The van der Waals surface area contributed by atoms with E-state index in [1.54, 1.807) is 0 Å². The highest BCUT2D eigenvalue weighted by Gasteiger charge is 2.46. The van der Waals surface area contributed by atoms with Crippen molar-refractivity contribution in [1.29, 1.82) is 0 Å². The Kier molecular flexibility index (Phi) is 6.53. The average Bonchev–Trinajstić information content (AvgIpc) is 2.65. The Balaban J connectivity index is 2.20. The van der Waals surface area contributed by atoms with Gasteiger partial charge in [-0.15, -0.1) is 0 Å². The van der Waals surface area contributed by atoms with E-state index in [2.05, 4.69) is 0 Å². The van der Waals surface area contributed by atoms with Crippen LogP contribution in [0.5, 0.6) is 5.75 Å². The number of ketones is 1. The summed E-state index contributed by atoms with van der Waals surface area (Å²) in [6.07, 6.45) is 5.66. The highest BCUT2D eigenvalue weighted by atomic mass is 16.3. The van der Waals surface area contributed by atoms with E-state index < -0.39 is 5.54 Å². The molecule has 0 aromatic heterocycles. The van der Waals surface area contributed by atoms with Crippen molar-refractivity contribution >= 4 is 18.1 Å². The summed E-state index contributed by atoms with van der Waals surface area (Å²) in [6.45, 7) is 1.57. The summed E-state index contributed by atoms with van der Waals surface area (Å²) < 4.78 is 0. The third kappa shape index (κ3) is 4.12. The van der Waals surface area contributed by atoms with E-state index in [-0.39, 0.29) is 29.9 Å². The van der Waals surface area contributed by atoms with Gasteiger partial charge in [0.05, 0.1) is 6.54 Å². The number of likely N-dealkylation sites (N-methyl/N-ethyl adjacent to an activating group) is 1. The maximum absolute atomic E-state index is 13.2. The molecular formula is C20H28N2O4. The first-order valence-electron chi connectivity index (χ1n) is 9.06. The maximum Gasteiger partial charge on any atom is 0.249 e. The van der Waals surface area contributed by atoms with Crippen LogP contribution in [-0.4, -0.2) is 59.2 Å². The molecule has 0 spiro atoms. The van der Waals surface area contributed by atoms with E-state index in [9.17, 15) is 19.5 Å². The van der Waals surface area contributed by atoms with Gasteiger partial charge in [0.1, 0.15) is 11.3 Å². The number of benzene rings is 1. The fourth-order valence-corrected chi connectivity index (χ4v) is 3.74. The zero-order valence-electron chi connectivity index (χ0n) is 15.8. The second-order valence-corrected chi connectivity index (χ2v) is 7.39. The Hall–Kier alpha value is -2.21. The smallest absolute Gasteiger partial charge is 0.249 e. The molecule has 0 heterocycles. The summed E-state index contributed by atoms with van der Waals surface area (Å²) in [5.74, 6) is -0.459. The number of amides is 2. The molecule has 2 rings (SSSR count). The molecule has 0 saturated heterocycles. The van der Waals surface area contributed by atoms with Crippen LogP contribution in [0.1, 0.15) is 49.4 Å². The van der Waals surface area contributed by atoms with Crippen molar-refractivity contribution in [3.05, 3.63) is 29.8 Å². The molecule has 1 N–H and O–H groups in total. The molecule has 0 bridgehead atoms. The van der Waals surface area contributed by atoms with Gasteiger partial charge in [-0.05, 0) is 64.0 Å². The van der Waals surface area contributed by atoms with Gasteiger partial charge >= 0.3 is 0 Å². The average molecular weight is 360 g/mol. The Labute approximate surface area is 154 Å². The van der Waals surface area contributed by atoms with E-state index in [1.165, 1.54) is 30.7 Å². The van der Waals surface area contributed by atoms with Crippen LogP contribution in [-0.2, 0) is 9.59 Å². The molecule has 2 amide bonds. The molecule has 0 aliphatic heterocycles. The molecule has 1 aliphatic rings. The largest absolute Gasteiger partial charge is 0.508 e. The zero-order valence-corrected chi connectivity index (χ0v) is 15.8. The van der Waals surface area contributed by atoms with E-state index >= 15 is 0 Å². The van der Waals surface area contributed by atoms with Crippen LogP contribution in [0.25, 0.3) is 0 Å². The Morgan fingerprint density at radius 2 is 1.73 bits per heavy atom. The zero-order chi connectivity index (χ0) is 19.3. The van der Waals surface area contributed by atoms with E-state index in [1.807, 2.05) is 25.9 Å². The lowest BCUT2D eigenvalue weighted by Crippen LogP contribution is -2.60. The molecule has 1 aliphatic carbocycles. The van der Waals surface area contributed by atoms with Gasteiger partial charge in [0, 0.05) is 5.56 Å². The molecule has 1 atom stereocenters. The first kappa shape index (κ1) is 20.1. The van der Waals surface area contributed by atoms with Crippen molar-refractivity contribution in [2.75, 3.05) is 20.6 Å². The van der Waals surface area contributed by atoms with Crippen LogP contribution in [0.2, 0.25) is 0 Å². The van der Waals surface area contributed by atoms with Gasteiger partial charge in [-0.2, -0.15) is 0 Å². The number of aromatic hydroxyl groups is 1. The highest BCUT2D eigenvalue weighted by Crippen LogP contribution is 2.36. The number of phenols is 1. The number of carbonyl (C=O) groups is 3. The van der Waals surface area contributed by atoms with Crippen molar-refractivity contribution in [2.24, 2.45) is 5.92 Å². The lowest BCUT2D eigenvalue weighted by Gasteiger charge is -2.44. The van der Waals surface area contributed by atoms with Crippen molar-refractivity contribution in [3.63, 3.8) is 0 Å². The van der Waals surface area contributed by atoms with Crippen molar-refractivity contribution in [1.82, 2.24) is 9.80 Å². The molecule has 1 aromatic carbocycles. The lowest BCUT2D eigenvalue weighted by molar-refractivity contribution is -0.149. The number of hydrogen-bond acceptors (Lipinski definition) is 5. The fourth-order valence-electron chi connectivity index (χ4n) is 3.74. The number of hydrogen-bond donors (Lipinski definition) is 1. The van der Waals surface area contributed by atoms with Crippen molar-refractivity contribution < 1.29 is 19.5 Å². The quantitative estimate of drug-likeness (QED) is 0.597. The number of Topliss-reactive ketones (excluding diaryl/α,β-unsaturated/α-hetero) is 1. The highest BCUT2D eigenvalue weighted by molar-refractivity contribution is 6.03. The van der Waals surface area contributed by atoms with Gasteiger partial charge in [0.15, 0.2) is 5.78 Å². The number of imide groups is 1. The van der Waals surface area contributed by atoms with Crippen LogP contribution >= 0.6 is 0 Å². The van der Waals surface area contributed by atoms with Gasteiger partial charge in [-0.3, -0.25) is 24.2 Å². The van der Waals surface area contributed by atoms with Gasteiger partial charge in [-0.1, -0.05) is 19.3 Å². The number of phenolic OH excluding ortho intramolecular Hbond substituents is 1. The minimum absolute atomic E-state index is 0.0577. The molecule has 142 valence electrons. The molecule has 6 heteroatoms. The summed E-state index contributed by atoms with van der Waals surface area (Å²) in [5, 5.41) is 9.33. The lowest BCUT2D eigenvalue weighted by atomic mass is 9.74. The fraction of sp³-hybridized carbons (Fsp3) is 0.550. The monoisotopic (exact) mass is 360 g/mol. The van der Waals surface area contributed by atoms with Crippen LogP contribution in [0.4, 0.5) is 0 Å². The van der Waals surface area contributed by atoms with E-state index in [4.69, 9.17) is 0 Å². The van der Waals surface area contributed by atoms with Crippen molar-refractivity contribution in [3.8, 4) is 5.75 Å². The van der Waals surface area contributed by atoms with Gasteiger partial charge in [-0.25, -0.2) is 0 Å². The van der Waals surface area contributed by atoms with Gasteiger partial charge in [0.25, 0.3) is 0 Å². The SMILES string of the molecule is CN(C)C(C)(C(=O)N(C=O)CC(=O)c1ccc(O)cc1)C1CCCCC1. The van der Waals surface area contributed by atoms with Crippen LogP contribution in [0.3, 0.4) is 0 Å². The molecule has 1 unspecified atom stereocenters. The Morgan fingerprint density at radius 3 is 2.23 bits per heavy atom. The third-order valence-electron chi connectivity index (χ3n) is 5.65. The first-order valence-corrected chi connectivity index (χ1v) is 9.06. The molecule has 1 aromatic rings. The first-order chi connectivity index (χ1) is 12.3. The Morgan fingerprint density at radius 1 is 1.15 bits per heavy atom. The number of rotatable bonds is 7. The predicted molar refractivity (Wildman–Crippen MR) is 98.9 cm³/mol. The number of nitrogens with zero attached hydrogens (tertiary/aromatic N) is 2. The molecule has 1 saturated carbocycles. The normalized spacial score (nSPS) is 17.5. The molecule has 26 heavy (non-hydrogen) atoms. The maximum atomic E-state index is 13.2. The number of carbonyl (C=O) groups excluding carboxylic acids is 3. The van der Waals surface area contributed by atoms with E-state index in [0.717, 1.165) is 30.6 Å². The molecule has 6 nitrogen and oxygen atoms in total. The Bertz CT molecular complexity index is 650. The second kappa shape index (κ2) is 8.45. The van der Waals surface area contributed by atoms with Crippen molar-refractivity contribution in [2.45, 2.75) is 44.6 Å². The minimum Gasteiger partial charge on any atom is -0.508 e. The van der Waals surface area contributed by atoms with Crippen LogP contribution < -0.4 is 0 Å². The molecule has 1 fully saturated rings. The van der Waals surface area contributed by atoms with Crippen LogP contribution in [0.15, 0.2) is 24.3 Å². The summed E-state index contributed by atoms with van der Waals surface area (Å²) in [6, 6.07) is 5.79. The van der Waals surface area contributed by atoms with Gasteiger partial charge < -0.3 is 5.11 Å². The summed E-state index contributed by atoms with van der Waals surface area (Å²) in [5.41, 5.74) is -0.469. The van der Waals surface area contributed by atoms with Gasteiger partial charge in [0.2, 0.25) is 12.3 Å². The molecular weight excluding hydrogens is 332 g/mol. The standard InChI is InChI=1S/C20H28N2O4/c1-20(21(2)3,16-7-5-4-6-8-16)19(26)22(14-23)13-18(25)15-9-11-17(24)12-10-15/h9-12,14,16,24H,4-8,13H2,1-3H3. The second-order valence-electron chi connectivity index (χ2n) is 7.39. The minimum atomic E-state index is -0.823. The molecule has 0 radical (unpaired) electrons. The van der Waals surface area contributed by atoms with Crippen LogP contribution in [0, 0.1) is 5.92 Å². The predicted octanol–water partition coefficient (Wildman–Crippen LogP) is 2.46. The topological polar surface area (TPSA) is 77.9 Å². The summed E-state index contributed by atoms with van der Waals surface area (Å²) >= 11 is 0. The summed E-state index contributed by atoms with van der Waals surface area (Å²) in [7, 11) is 3.69. The van der Waals surface area contributed by atoms with E-state index in [0.29, 0.717) is 12.0 Å².